The zero-order valence-corrected chi connectivity index (χ0v) is 15.6. The van der Waals surface area contributed by atoms with E-state index in [0.717, 1.165) is 5.56 Å². The van der Waals surface area contributed by atoms with Crippen molar-refractivity contribution in [3.05, 3.63) is 47.0 Å². The lowest BCUT2D eigenvalue weighted by molar-refractivity contribution is 0.181. The predicted octanol–water partition coefficient (Wildman–Crippen LogP) is 1.68. The van der Waals surface area contributed by atoms with Crippen LogP contribution in [-0.4, -0.2) is 53.6 Å². The van der Waals surface area contributed by atoms with Gasteiger partial charge in [-0.05, 0) is 31.5 Å². The molecule has 0 bridgehead atoms. The van der Waals surface area contributed by atoms with E-state index in [1.165, 1.54) is 16.4 Å². The van der Waals surface area contributed by atoms with Crippen molar-refractivity contribution in [1.29, 1.82) is 0 Å². The van der Waals surface area contributed by atoms with Crippen LogP contribution in [0.2, 0.25) is 0 Å². The van der Waals surface area contributed by atoms with Crippen LogP contribution in [-0.2, 0) is 23.6 Å². The summed E-state index contributed by atoms with van der Waals surface area (Å²) in [7, 11) is -1.79. The van der Waals surface area contributed by atoms with Gasteiger partial charge in [-0.15, -0.1) is 0 Å². The number of aryl methyl sites for hydroxylation is 2. The number of hydrogen-bond acceptors (Lipinski definition) is 4. The molecule has 25 heavy (non-hydrogen) atoms. The summed E-state index contributed by atoms with van der Waals surface area (Å²) in [6.07, 6.45) is 0. The molecule has 136 valence electrons. The van der Waals surface area contributed by atoms with Crippen molar-refractivity contribution in [1.82, 2.24) is 19.0 Å². The van der Waals surface area contributed by atoms with Gasteiger partial charge in [-0.3, -0.25) is 9.58 Å². The summed E-state index contributed by atoms with van der Waals surface area (Å²) in [5.41, 5.74) is 2.08. The molecule has 0 unspecified atom stereocenters. The lowest BCUT2D eigenvalue weighted by Crippen LogP contribution is -2.48. The van der Waals surface area contributed by atoms with Gasteiger partial charge in [0.2, 0.25) is 10.0 Å². The van der Waals surface area contributed by atoms with Crippen molar-refractivity contribution in [3.8, 4) is 0 Å². The Morgan fingerprint density at radius 1 is 1.16 bits per heavy atom. The Hall–Kier alpha value is -1.77. The largest absolute Gasteiger partial charge is 0.296 e. The van der Waals surface area contributed by atoms with Crippen LogP contribution in [0, 0.1) is 19.7 Å². The van der Waals surface area contributed by atoms with E-state index in [9.17, 15) is 12.8 Å². The van der Waals surface area contributed by atoms with Gasteiger partial charge in [-0.2, -0.15) is 9.40 Å². The maximum atomic E-state index is 13.3. The van der Waals surface area contributed by atoms with Crippen LogP contribution in [0.4, 0.5) is 4.39 Å². The van der Waals surface area contributed by atoms with E-state index in [0.29, 0.717) is 49.0 Å². The monoisotopic (exact) mass is 366 g/mol. The average Bonchev–Trinajstić information content (AvgIpc) is 2.81. The van der Waals surface area contributed by atoms with Crippen LogP contribution in [0.3, 0.4) is 0 Å². The minimum atomic E-state index is -3.54. The molecule has 1 aliphatic heterocycles. The van der Waals surface area contributed by atoms with Gasteiger partial charge in [0.15, 0.2) is 0 Å². The predicted molar refractivity (Wildman–Crippen MR) is 93.1 cm³/mol. The Morgan fingerprint density at radius 3 is 2.40 bits per heavy atom. The van der Waals surface area contributed by atoms with E-state index >= 15 is 0 Å². The third-order valence-electron chi connectivity index (χ3n) is 4.67. The van der Waals surface area contributed by atoms with E-state index in [1.807, 2.05) is 6.07 Å². The van der Waals surface area contributed by atoms with Crippen LogP contribution in [0.15, 0.2) is 29.2 Å². The highest BCUT2D eigenvalue weighted by molar-refractivity contribution is 7.89. The molecule has 1 fully saturated rings. The molecule has 3 rings (SSSR count). The lowest BCUT2D eigenvalue weighted by Gasteiger charge is -2.34. The molecule has 2 aromatic rings. The molecule has 0 atom stereocenters. The number of hydrogen-bond donors (Lipinski definition) is 0. The Balaban J connectivity index is 1.69. The minimum Gasteiger partial charge on any atom is -0.296 e. The van der Waals surface area contributed by atoms with Gasteiger partial charge < -0.3 is 0 Å². The van der Waals surface area contributed by atoms with Gasteiger partial charge in [-0.25, -0.2) is 12.8 Å². The highest BCUT2D eigenvalue weighted by Gasteiger charge is 2.32. The van der Waals surface area contributed by atoms with Crippen molar-refractivity contribution in [3.63, 3.8) is 0 Å². The molecule has 0 aliphatic carbocycles. The van der Waals surface area contributed by atoms with Crippen LogP contribution in [0.25, 0.3) is 0 Å². The zero-order valence-electron chi connectivity index (χ0n) is 14.7. The number of aromatic nitrogens is 2. The number of sulfonamides is 1. The molecule has 1 aromatic heterocycles. The highest BCUT2D eigenvalue weighted by atomic mass is 32.2. The number of benzene rings is 1. The molecule has 1 aromatic carbocycles. The molecule has 1 saturated heterocycles. The summed E-state index contributed by atoms with van der Waals surface area (Å²) >= 11 is 0. The molecule has 0 radical (unpaired) electrons. The van der Waals surface area contributed by atoms with Crippen molar-refractivity contribution >= 4 is 10.0 Å². The van der Waals surface area contributed by atoms with E-state index in [-0.39, 0.29) is 5.82 Å². The SMILES string of the molecule is Cc1nn(C)c(C)c1S(=O)(=O)N1CCN(Cc2cccc(F)c2)CC1. The fourth-order valence-electron chi connectivity index (χ4n) is 3.28. The summed E-state index contributed by atoms with van der Waals surface area (Å²) in [4.78, 5) is 2.46. The quantitative estimate of drug-likeness (QED) is 0.826. The molecule has 0 amide bonds. The second kappa shape index (κ2) is 6.86. The Bertz CT molecular complexity index is 871. The van der Waals surface area contributed by atoms with E-state index in [2.05, 4.69) is 10.00 Å². The molecule has 0 N–H and O–H groups in total. The first-order valence-electron chi connectivity index (χ1n) is 8.26. The summed E-state index contributed by atoms with van der Waals surface area (Å²) in [6.45, 7) is 6.20. The fraction of sp³-hybridized carbons (Fsp3) is 0.471. The van der Waals surface area contributed by atoms with Crippen molar-refractivity contribution in [2.75, 3.05) is 26.2 Å². The van der Waals surface area contributed by atoms with Crippen molar-refractivity contribution in [2.45, 2.75) is 25.3 Å². The smallest absolute Gasteiger partial charge is 0.246 e. The zero-order chi connectivity index (χ0) is 18.2. The highest BCUT2D eigenvalue weighted by Crippen LogP contribution is 2.24. The number of piperazine rings is 1. The number of halogens is 1. The van der Waals surface area contributed by atoms with Gasteiger partial charge >= 0.3 is 0 Å². The average molecular weight is 366 g/mol. The molecule has 2 heterocycles. The molecule has 0 saturated carbocycles. The first-order chi connectivity index (χ1) is 11.8. The third kappa shape index (κ3) is 3.61. The second-order valence-corrected chi connectivity index (χ2v) is 8.31. The Kier molecular flexibility index (Phi) is 4.95. The number of rotatable bonds is 4. The Morgan fingerprint density at radius 2 is 1.84 bits per heavy atom. The van der Waals surface area contributed by atoms with Crippen LogP contribution in [0.1, 0.15) is 17.0 Å². The summed E-state index contributed by atoms with van der Waals surface area (Å²) < 4.78 is 42.3. The van der Waals surface area contributed by atoms with E-state index in [1.54, 1.807) is 31.6 Å². The van der Waals surface area contributed by atoms with Gasteiger partial charge in [0.05, 0.1) is 11.4 Å². The van der Waals surface area contributed by atoms with Gasteiger partial charge in [0.25, 0.3) is 0 Å². The topological polar surface area (TPSA) is 58.4 Å². The third-order valence-corrected chi connectivity index (χ3v) is 6.82. The van der Waals surface area contributed by atoms with Gasteiger partial charge in [0.1, 0.15) is 10.7 Å². The molecule has 8 heteroatoms. The van der Waals surface area contributed by atoms with Crippen LogP contribution < -0.4 is 0 Å². The molecule has 0 spiro atoms. The van der Waals surface area contributed by atoms with E-state index < -0.39 is 10.0 Å². The Labute approximate surface area is 147 Å². The molecule has 6 nitrogen and oxygen atoms in total. The first-order valence-corrected chi connectivity index (χ1v) is 9.70. The molecule has 1 aliphatic rings. The van der Waals surface area contributed by atoms with E-state index in [4.69, 9.17) is 0 Å². The summed E-state index contributed by atoms with van der Waals surface area (Å²) in [6, 6.07) is 6.52. The van der Waals surface area contributed by atoms with Crippen molar-refractivity contribution in [2.24, 2.45) is 7.05 Å². The maximum Gasteiger partial charge on any atom is 0.246 e. The van der Waals surface area contributed by atoms with Crippen LogP contribution in [0.5, 0.6) is 0 Å². The second-order valence-electron chi connectivity index (χ2n) is 6.43. The first kappa shape index (κ1) is 18.0. The molecular formula is C17H23FN4O2S. The van der Waals surface area contributed by atoms with Crippen molar-refractivity contribution < 1.29 is 12.8 Å². The lowest BCUT2D eigenvalue weighted by atomic mass is 10.2. The maximum absolute atomic E-state index is 13.3. The normalized spacial score (nSPS) is 17.1. The number of nitrogens with zero attached hydrogens (tertiary/aromatic N) is 4. The molecular weight excluding hydrogens is 343 g/mol. The summed E-state index contributed by atoms with van der Waals surface area (Å²) in [5.74, 6) is -0.249. The van der Waals surface area contributed by atoms with Gasteiger partial charge in [0, 0.05) is 39.8 Å². The standard InChI is InChI=1S/C17H23FN4O2S/c1-13-17(14(2)20(3)19-13)25(23,24)22-9-7-21(8-10-22)12-15-5-4-6-16(18)11-15/h4-6,11H,7-10,12H2,1-3H3. The fourth-order valence-corrected chi connectivity index (χ4v) is 5.10. The minimum absolute atomic E-state index is 0.249. The van der Waals surface area contributed by atoms with Gasteiger partial charge in [-0.1, -0.05) is 12.1 Å². The summed E-state index contributed by atoms with van der Waals surface area (Å²) in [5, 5.41) is 4.22. The van der Waals surface area contributed by atoms with Crippen LogP contribution >= 0.6 is 0 Å².